The van der Waals surface area contributed by atoms with Crippen LogP contribution < -0.4 is 9.80 Å². The molecule has 1 aromatic rings. The van der Waals surface area contributed by atoms with Crippen molar-refractivity contribution in [3.8, 4) is 0 Å². The van der Waals surface area contributed by atoms with E-state index in [1.54, 1.807) is 18.1 Å². The Bertz CT molecular complexity index is 506. The van der Waals surface area contributed by atoms with Gasteiger partial charge in [0.05, 0.1) is 6.20 Å². The number of hydrogen-bond donors (Lipinski definition) is 0. The van der Waals surface area contributed by atoms with Gasteiger partial charge in [-0.1, -0.05) is 0 Å². The van der Waals surface area contributed by atoms with E-state index in [1.165, 1.54) is 0 Å². The van der Waals surface area contributed by atoms with Crippen LogP contribution >= 0.6 is 11.6 Å². The number of amides is 1. The van der Waals surface area contributed by atoms with Crippen molar-refractivity contribution in [1.29, 1.82) is 0 Å². The van der Waals surface area contributed by atoms with Crippen LogP contribution in [0.1, 0.15) is 19.8 Å². The number of anilines is 2. The molecule has 6 heteroatoms. The zero-order valence-electron chi connectivity index (χ0n) is 9.77. The number of halogens is 1. The van der Waals surface area contributed by atoms with Crippen LogP contribution in [0.3, 0.4) is 0 Å². The molecule has 17 heavy (non-hydrogen) atoms. The number of rotatable bonds is 0. The van der Waals surface area contributed by atoms with E-state index >= 15 is 0 Å². The lowest BCUT2D eigenvalue weighted by atomic mass is 9.94. The molecule has 3 heterocycles. The first-order chi connectivity index (χ1) is 8.04. The molecule has 2 aliphatic heterocycles. The minimum absolute atomic E-state index is 0.105. The number of carbonyl (C=O) groups is 1. The lowest BCUT2D eigenvalue weighted by molar-refractivity contribution is -0.123. The van der Waals surface area contributed by atoms with Gasteiger partial charge in [0.15, 0.2) is 5.82 Å². The van der Waals surface area contributed by atoms with Crippen molar-refractivity contribution in [2.45, 2.75) is 25.3 Å². The lowest BCUT2D eigenvalue weighted by Crippen LogP contribution is -2.58. The van der Waals surface area contributed by atoms with Gasteiger partial charge in [0, 0.05) is 13.6 Å². The standard InChI is InChI=1S/C11H13ClN4O/c1-11-4-3-5-16(11)8-7(15(2)9(11)17)6-13-10(12)14-8/h6H,3-5H2,1-2H3/t11-/m0/s1. The van der Waals surface area contributed by atoms with Gasteiger partial charge in [0.2, 0.25) is 5.28 Å². The highest BCUT2D eigenvalue weighted by Gasteiger charge is 2.50. The van der Waals surface area contributed by atoms with Gasteiger partial charge in [0.25, 0.3) is 5.91 Å². The van der Waals surface area contributed by atoms with Gasteiger partial charge in [-0.3, -0.25) is 4.79 Å². The normalized spacial score (nSPS) is 27.1. The van der Waals surface area contributed by atoms with Crippen molar-refractivity contribution < 1.29 is 4.79 Å². The van der Waals surface area contributed by atoms with E-state index in [4.69, 9.17) is 11.6 Å². The molecule has 1 fully saturated rings. The van der Waals surface area contributed by atoms with Gasteiger partial charge in [-0.25, -0.2) is 4.98 Å². The van der Waals surface area contributed by atoms with Gasteiger partial charge in [-0.2, -0.15) is 4.98 Å². The molecule has 1 aromatic heterocycles. The summed E-state index contributed by atoms with van der Waals surface area (Å²) in [7, 11) is 1.76. The largest absolute Gasteiger partial charge is 0.340 e. The first-order valence-electron chi connectivity index (χ1n) is 5.62. The fourth-order valence-electron chi connectivity index (χ4n) is 2.78. The fraction of sp³-hybridized carbons (Fsp3) is 0.545. The average Bonchev–Trinajstić information content (AvgIpc) is 2.70. The quantitative estimate of drug-likeness (QED) is 0.656. The molecule has 5 nitrogen and oxygen atoms in total. The Morgan fingerprint density at radius 2 is 2.29 bits per heavy atom. The van der Waals surface area contributed by atoms with Crippen LogP contribution in [-0.2, 0) is 4.79 Å². The molecule has 0 aliphatic carbocycles. The van der Waals surface area contributed by atoms with Crippen molar-refractivity contribution in [3.05, 3.63) is 11.5 Å². The van der Waals surface area contributed by atoms with E-state index in [0.29, 0.717) is 0 Å². The van der Waals surface area contributed by atoms with Crippen LogP contribution in [0, 0.1) is 0 Å². The van der Waals surface area contributed by atoms with Gasteiger partial charge in [-0.15, -0.1) is 0 Å². The molecule has 1 saturated heterocycles. The molecule has 0 unspecified atom stereocenters. The summed E-state index contributed by atoms with van der Waals surface area (Å²) in [4.78, 5) is 24.3. The van der Waals surface area contributed by atoms with E-state index in [0.717, 1.165) is 30.9 Å². The Balaban J connectivity index is 2.22. The molecule has 2 aliphatic rings. The first-order valence-corrected chi connectivity index (χ1v) is 6.00. The minimum Gasteiger partial charge on any atom is -0.340 e. The van der Waals surface area contributed by atoms with Crippen LogP contribution in [-0.4, -0.2) is 35.0 Å². The van der Waals surface area contributed by atoms with Crippen molar-refractivity contribution in [1.82, 2.24) is 9.97 Å². The Morgan fingerprint density at radius 3 is 3.06 bits per heavy atom. The monoisotopic (exact) mass is 252 g/mol. The smallest absolute Gasteiger partial charge is 0.252 e. The maximum atomic E-state index is 12.4. The first kappa shape index (κ1) is 10.8. The molecule has 90 valence electrons. The molecule has 0 saturated carbocycles. The summed E-state index contributed by atoms with van der Waals surface area (Å²) in [6.07, 6.45) is 3.47. The number of nitrogens with zero attached hydrogens (tertiary/aromatic N) is 4. The highest BCUT2D eigenvalue weighted by Crippen LogP contribution is 2.43. The SMILES string of the molecule is CN1C(=O)[C@]2(C)CCCN2c2nc(Cl)ncc21. The molecule has 0 radical (unpaired) electrons. The van der Waals surface area contributed by atoms with Gasteiger partial charge in [0.1, 0.15) is 11.2 Å². The van der Waals surface area contributed by atoms with E-state index in [9.17, 15) is 4.79 Å². The van der Waals surface area contributed by atoms with E-state index < -0.39 is 5.54 Å². The van der Waals surface area contributed by atoms with E-state index in [1.807, 2.05) is 6.92 Å². The minimum atomic E-state index is -0.473. The Hall–Kier alpha value is -1.36. The number of aromatic nitrogens is 2. The molecule has 0 aromatic carbocycles. The summed E-state index contributed by atoms with van der Waals surface area (Å²) in [5, 5.41) is 0.223. The van der Waals surface area contributed by atoms with Crippen LogP contribution in [0.15, 0.2) is 6.20 Å². The summed E-state index contributed by atoms with van der Waals surface area (Å²) in [5.74, 6) is 0.875. The summed E-state index contributed by atoms with van der Waals surface area (Å²) < 4.78 is 0. The topological polar surface area (TPSA) is 49.3 Å². The van der Waals surface area contributed by atoms with Crippen molar-refractivity contribution in [2.75, 3.05) is 23.4 Å². The molecular weight excluding hydrogens is 240 g/mol. The van der Waals surface area contributed by atoms with Crippen LogP contribution in [0.25, 0.3) is 0 Å². The summed E-state index contributed by atoms with van der Waals surface area (Å²) in [6, 6.07) is 0. The highest BCUT2D eigenvalue weighted by molar-refractivity contribution is 6.28. The summed E-state index contributed by atoms with van der Waals surface area (Å²) >= 11 is 5.84. The fourth-order valence-corrected chi connectivity index (χ4v) is 2.91. The molecule has 0 spiro atoms. The number of fused-ring (bicyclic) bond motifs is 3. The second kappa shape index (κ2) is 3.32. The summed E-state index contributed by atoms with van der Waals surface area (Å²) in [5.41, 5.74) is 0.262. The Morgan fingerprint density at radius 1 is 1.53 bits per heavy atom. The van der Waals surface area contributed by atoms with Crippen LogP contribution in [0.2, 0.25) is 5.28 Å². The number of hydrogen-bond acceptors (Lipinski definition) is 4. The summed E-state index contributed by atoms with van der Waals surface area (Å²) in [6.45, 7) is 2.81. The maximum Gasteiger partial charge on any atom is 0.252 e. The van der Waals surface area contributed by atoms with Gasteiger partial charge < -0.3 is 9.80 Å². The van der Waals surface area contributed by atoms with Gasteiger partial charge >= 0.3 is 0 Å². The molecule has 0 bridgehead atoms. The molecule has 1 amide bonds. The van der Waals surface area contributed by atoms with E-state index in [-0.39, 0.29) is 11.2 Å². The molecule has 1 atom stereocenters. The second-order valence-corrected chi connectivity index (χ2v) is 5.08. The predicted octanol–water partition coefficient (Wildman–Crippen LogP) is 1.47. The molecular formula is C11H13ClN4O. The molecule has 0 N–H and O–H groups in total. The van der Waals surface area contributed by atoms with Crippen molar-refractivity contribution in [2.24, 2.45) is 0 Å². The van der Waals surface area contributed by atoms with Crippen LogP contribution in [0.4, 0.5) is 11.5 Å². The second-order valence-electron chi connectivity index (χ2n) is 4.74. The third-order valence-corrected chi connectivity index (χ3v) is 3.93. The third kappa shape index (κ3) is 1.29. The van der Waals surface area contributed by atoms with Crippen molar-refractivity contribution in [3.63, 3.8) is 0 Å². The third-order valence-electron chi connectivity index (χ3n) is 3.74. The zero-order chi connectivity index (χ0) is 12.2. The zero-order valence-corrected chi connectivity index (χ0v) is 10.5. The maximum absolute atomic E-state index is 12.4. The number of likely N-dealkylation sites (N-methyl/N-ethyl adjacent to an activating group) is 1. The average molecular weight is 253 g/mol. The van der Waals surface area contributed by atoms with Crippen molar-refractivity contribution >= 4 is 29.0 Å². The lowest BCUT2D eigenvalue weighted by Gasteiger charge is -2.43. The number of carbonyl (C=O) groups excluding carboxylic acids is 1. The van der Waals surface area contributed by atoms with E-state index in [2.05, 4.69) is 14.9 Å². The Kier molecular flexibility index (Phi) is 2.10. The predicted molar refractivity (Wildman–Crippen MR) is 65.4 cm³/mol. The highest BCUT2D eigenvalue weighted by atomic mass is 35.5. The van der Waals surface area contributed by atoms with Gasteiger partial charge in [-0.05, 0) is 31.4 Å². The molecule has 3 rings (SSSR count). The van der Waals surface area contributed by atoms with Crippen LogP contribution in [0.5, 0.6) is 0 Å². The Labute approximate surface area is 104 Å².